The highest BCUT2D eigenvalue weighted by Crippen LogP contribution is 1.90. The summed E-state index contributed by atoms with van der Waals surface area (Å²) < 4.78 is 10.4. The summed E-state index contributed by atoms with van der Waals surface area (Å²) >= 11 is 4.85. The number of rotatable bonds is 10. The maximum absolute atomic E-state index is 5.47. The fourth-order valence-corrected chi connectivity index (χ4v) is 1.35. The Morgan fingerprint density at radius 2 is 2.07 bits per heavy atom. The number of nitrogens with zero attached hydrogens (tertiary/aromatic N) is 1. The maximum atomic E-state index is 5.47. The van der Waals surface area contributed by atoms with Crippen molar-refractivity contribution in [3.8, 4) is 0 Å². The monoisotopic (exact) mass is 234 g/mol. The van der Waals surface area contributed by atoms with Crippen molar-refractivity contribution < 1.29 is 9.47 Å². The molecule has 15 heavy (non-hydrogen) atoms. The maximum Gasteiger partial charge on any atom is 0.0870 e. The first-order valence-electron chi connectivity index (χ1n) is 5.28. The quantitative estimate of drug-likeness (QED) is 0.444. The van der Waals surface area contributed by atoms with Gasteiger partial charge in [-0.3, -0.25) is 4.90 Å². The molecule has 90 valence electrons. The van der Waals surface area contributed by atoms with E-state index in [-0.39, 0.29) is 0 Å². The third-order valence-electron chi connectivity index (χ3n) is 2.02. The van der Waals surface area contributed by atoms with Crippen molar-refractivity contribution in [1.29, 1.82) is 0 Å². The second-order valence-corrected chi connectivity index (χ2v) is 3.82. The molecule has 0 rings (SSSR count). The fraction of sp³-hybridized carbons (Fsp3) is 0.900. The normalized spacial score (nSPS) is 10.9. The Hall–Kier alpha value is -0.230. The number of thiocarbonyl (C=S) groups is 1. The lowest BCUT2D eigenvalue weighted by molar-refractivity contribution is 0.0879. The molecule has 0 heterocycles. The van der Waals surface area contributed by atoms with Crippen molar-refractivity contribution in [2.75, 3.05) is 46.6 Å². The Morgan fingerprint density at radius 1 is 1.33 bits per heavy atom. The van der Waals surface area contributed by atoms with Crippen LogP contribution in [0.1, 0.15) is 13.3 Å². The molecule has 0 amide bonds. The highest BCUT2D eigenvalue weighted by Gasteiger charge is 2.02. The van der Waals surface area contributed by atoms with Gasteiger partial charge in [-0.05, 0) is 13.0 Å². The Bertz CT molecular complexity index is 168. The molecule has 2 N–H and O–H groups in total. The van der Waals surface area contributed by atoms with Crippen LogP contribution >= 0.6 is 12.2 Å². The van der Waals surface area contributed by atoms with E-state index in [4.69, 9.17) is 27.4 Å². The second kappa shape index (κ2) is 10.3. The summed E-state index contributed by atoms with van der Waals surface area (Å²) in [6, 6.07) is 0. The topological polar surface area (TPSA) is 47.7 Å². The largest absolute Gasteiger partial charge is 0.392 e. The predicted molar refractivity (Wildman–Crippen MR) is 66.2 cm³/mol. The molecule has 4 nitrogen and oxygen atoms in total. The number of nitrogens with two attached hydrogens (primary N) is 1. The molecule has 0 aliphatic heterocycles. The first-order chi connectivity index (χ1) is 7.20. The lowest BCUT2D eigenvalue weighted by Gasteiger charge is -2.19. The molecule has 0 fully saturated rings. The second-order valence-electron chi connectivity index (χ2n) is 3.29. The van der Waals surface area contributed by atoms with Crippen LogP contribution in [0.4, 0.5) is 0 Å². The predicted octanol–water partition coefficient (Wildman–Crippen LogP) is 0.648. The van der Waals surface area contributed by atoms with Gasteiger partial charge >= 0.3 is 0 Å². The van der Waals surface area contributed by atoms with Crippen LogP contribution in [0, 0.1) is 0 Å². The lowest BCUT2D eigenvalue weighted by atomic mass is 10.4. The van der Waals surface area contributed by atoms with Crippen LogP contribution in [-0.4, -0.2) is 56.5 Å². The molecule has 0 aromatic rings. The van der Waals surface area contributed by atoms with Crippen LogP contribution < -0.4 is 5.73 Å². The molecule has 0 aliphatic carbocycles. The first-order valence-corrected chi connectivity index (χ1v) is 5.68. The van der Waals surface area contributed by atoms with Gasteiger partial charge in [0, 0.05) is 33.4 Å². The van der Waals surface area contributed by atoms with Gasteiger partial charge in [0.25, 0.3) is 0 Å². The molecule has 0 saturated heterocycles. The molecule has 0 spiro atoms. The molecule has 0 aliphatic rings. The number of ether oxygens (including phenoxy) is 2. The summed E-state index contributed by atoms with van der Waals surface area (Å²) in [7, 11) is 1.70. The van der Waals surface area contributed by atoms with Crippen molar-refractivity contribution in [1.82, 2.24) is 4.90 Å². The minimum absolute atomic E-state index is 0.538. The summed E-state index contributed by atoms with van der Waals surface area (Å²) in [5.74, 6) is 0. The van der Waals surface area contributed by atoms with E-state index >= 15 is 0 Å². The molecule has 0 saturated carbocycles. The van der Waals surface area contributed by atoms with Crippen LogP contribution in [0.3, 0.4) is 0 Å². The van der Waals surface area contributed by atoms with Crippen molar-refractivity contribution in [3.05, 3.63) is 0 Å². The minimum Gasteiger partial charge on any atom is -0.392 e. The van der Waals surface area contributed by atoms with Crippen LogP contribution in [0.15, 0.2) is 0 Å². The van der Waals surface area contributed by atoms with Crippen molar-refractivity contribution in [2.45, 2.75) is 13.3 Å². The van der Waals surface area contributed by atoms with Crippen LogP contribution in [0.5, 0.6) is 0 Å². The van der Waals surface area contributed by atoms with Gasteiger partial charge in [0.15, 0.2) is 0 Å². The van der Waals surface area contributed by atoms with Gasteiger partial charge in [-0.2, -0.15) is 0 Å². The highest BCUT2D eigenvalue weighted by molar-refractivity contribution is 7.80. The van der Waals surface area contributed by atoms with E-state index in [1.54, 1.807) is 7.11 Å². The molecule has 0 aromatic heterocycles. The molecule has 0 aromatic carbocycles. The number of likely N-dealkylation sites (N-methyl/N-ethyl adjacent to an activating group) is 1. The zero-order chi connectivity index (χ0) is 11.5. The molecular formula is C10H22N2O2S. The zero-order valence-corrected chi connectivity index (χ0v) is 10.5. The smallest absolute Gasteiger partial charge is 0.0870 e. The first kappa shape index (κ1) is 14.8. The summed E-state index contributed by atoms with van der Waals surface area (Å²) in [6.07, 6.45) is 0.942. The molecule has 5 heteroatoms. The third kappa shape index (κ3) is 10.1. The van der Waals surface area contributed by atoms with E-state index in [0.29, 0.717) is 11.5 Å². The summed E-state index contributed by atoms with van der Waals surface area (Å²) in [5, 5.41) is 0. The molecule has 0 bridgehead atoms. The summed E-state index contributed by atoms with van der Waals surface area (Å²) in [4.78, 5) is 2.70. The average molecular weight is 234 g/mol. The van der Waals surface area contributed by atoms with Gasteiger partial charge in [0.05, 0.1) is 11.6 Å². The van der Waals surface area contributed by atoms with E-state index < -0.39 is 0 Å². The molecular weight excluding hydrogens is 212 g/mol. The Kier molecular flexibility index (Phi) is 10.1. The summed E-state index contributed by atoms with van der Waals surface area (Å²) in [5.41, 5.74) is 5.47. The van der Waals surface area contributed by atoms with E-state index in [2.05, 4.69) is 11.8 Å². The van der Waals surface area contributed by atoms with E-state index in [0.717, 1.165) is 39.3 Å². The van der Waals surface area contributed by atoms with E-state index in [1.165, 1.54) is 0 Å². The average Bonchev–Trinajstić information content (AvgIpc) is 2.20. The minimum atomic E-state index is 0.538. The Balaban J connectivity index is 3.34. The molecule has 0 radical (unpaired) electrons. The Labute approximate surface area is 97.7 Å². The van der Waals surface area contributed by atoms with Gasteiger partial charge in [-0.25, -0.2) is 0 Å². The summed E-state index contributed by atoms with van der Waals surface area (Å²) in [6.45, 7) is 6.80. The number of methoxy groups -OCH3 is 1. The zero-order valence-electron chi connectivity index (χ0n) is 9.70. The third-order valence-corrected chi connectivity index (χ3v) is 2.14. The van der Waals surface area contributed by atoms with Crippen LogP contribution in [0.25, 0.3) is 0 Å². The van der Waals surface area contributed by atoms with Gasteiger partial charge in [0.2, 0.25) is 0 Å². The van der Waals surface area contributed by atoms with Crippen LogP contribution in [-0.2, 0) is 9.47 Å². The Morgan fingerprint density at radius 3 is 2.60 bits per heavy atom. The van der Waals surface area contributed by atoms with Gasteiger partial charge in [0.1, 0.15) is 0 Å². The van der Waals surface area contributed by atoms with Crippen molar-refractivity contribution in [2.24, 2.45) is 5.73 Å². The van der Waals surface area contributed by atoms with E-state index in [9.17, 15) is 0 Å². The fourth-order valence-electron chi connectivity index (χ4n) is 1.17. The SMILES string of the molecule is CCN(CCOCCCOC)CC(N)=S. The number of hydrogen-bond donors (Lipinski definition) is 1. The van der Waals surface area contributed by atoms with Crippen molar-refractivity contribution in [3.63, 3.8) is 0 Å². The van der Waals surface area contributed by atoms with Gasteiger partial charge in [-0.15, -0.1) is 0 Å². The van der Waals surface area contributed by atoms with E-state index in [1.807, 2.05) is 0 Å². The van der Waals surface area contributed by atoms with Gasteiger partial charge in [-0.1, -0.05) is 19.1 Å². The highest BCUT2D eigenvalue weighted by atomic mass is 32.1. The van der Waals surface area contributed by atoms with Crippen molar-refractivity contribution >= 4 is 17.2 Å². The standard InChI is InChI=1S/C10H22N2O2S/c1-3-12(9-10(11)15)5-8-14-7-4-6-13-2/h3-9H2,1-2H3,(H2,11,15). The van der Waals surface area contributed by atoms with Gasteiger partial charge < -0.3 is 15.2 Å². The lowest BCUT2D eigenvalue weighted by Crippen LogP contribution is -2.35. The molecule has 0 unspecified atom stereocenters. The van der Waals surface area contributed by atoms with Crippen LogP contribution in [0.2, 0.25) is 0 Å². The number of hydrogen-bond acceptors (Lipinski definition) is 4. The molecule has 0 atom stereocenters.